The van der Waals surface area contributed by atoms with Crippen LogP contribution in [0.1, 0.15) is 77.7 Å². The maximum atomic E-state index is 10.3. The number of ether oxygens (including phenoxy) is 1. The van der Waals surface area contributed by atoms with Gasteiger partial charge in [-0.05, 0) is 121 Å². The van der Waals surface area contributed by atoms with Gasteiger partial charge in [-0.15, -0.1) is 0 Å². The molecule has 0 amide bonds. The monoisotopic (exact) mass is 498 g/mol. The van der Waals surface area contributed by atoms with E-state index in [9.17, 15) is 5.11 Å². The van der Waals surface area contributed by atoms with Crippen molar-refractivity contribution in [3.8, 4) is 5.75 Å². The number of nitrogens with zero attached hydrogens (tertiary/aromatic N) is 2. The van der Waals surface area contributed by atoms with Crippen molar-refractivity contribution in [1.29, 1.82) is 0 Å². The minimum absolute atomic E-state index is 0.127. The zero-order chi connectivity index (χ0) is 25.8. The maximum absolute atomic E-state index is 10.3. The summed E-state index contributed by atoms with van der Waals surface area (Å²) in [7, 11) is 1.70. The first-order chi connectivity index (χ1) is 17.8. The smallest absolute Gasteiger partial charge is 0.119 e. The van der Waals surface area contributed by atoms with Crippen LogP contribution >= 0.6 is 0 Å². The Hall–Kier alpha value is -2.46. The van der Waals surface area contributed by atoms with Crippen LogP contribution in [0.4, 0.5) is 0 Å². The van der Waals surface area contributed by atoms with E-state index in [0.717, 1.165) is 48.3 Å². The van der Waals surface area contributed by atoms with Gasteiger partial charge in [-0.25, -0.2) is 0 Å². The molecule has 0 bridgehead atoms. The molecule has 0 aliphatic heterocycles. The molecule has 0 aromatic heterocycles. The molecule has 4 aliphatic rings. The van der Waals surface area contributed by atoms with Crippen molar-refractivity contribution in [2.75, 3.05) is 7.11 Å². The third-order valence-corrected chi connectivity index (χ3v) is 11.1. The lowest BCUT2D eigenvalue weighted by atomic mass is 9.47. The van der Waals surface area contributed by atoms with Crippen molar-refractivity contribution in [3.05, 3.63) is 53.6 Å². The minimum atomic E-state index is -0.127. The predicted molar refractivity (Wildman–Crippen MR) is 152 cm³/mol. The summed E-state index contributed by atoms with van der Waals surface area (Å²) in [4.78, 5) is 0. The first-order valence-corrected chi connectivity index (χ1v) is 14.3. The van der Waals surface area contributed by atoms with Crippen LogP contribution in [0, 0.1) is 34.5 Å². The summed E-state index contributed by atoms with van der Waals surface area (Å²) >= 11 is 0. The van der Waals surface area contributed by atoms with Gasteiger partial charge in [0.1, 0.15) is 5.75 Å². The van der Waals surface area contributed by atoms with Crippen molar-refractivity contribution in [2.45, 2.75) is 78.2 Å². The molecular formula is C33H42N2O2. The first kappa shape index (κ1) is 24.9. The van der Waals surface area contributed by atoms with E-state index in [1.54, 1.807) is 12.7 Å². The molecule has 4 heteroatoms. The lowest BCUT2D eigenvalue weighted by molar-refractivity contribution is -0.0423. The first-order valence-electron chi connectivity index (χ1n) is 14.3. The van der Waals surface area contributed by atoms with E-state index in [1.165, 1.54) is 48.6 Å². The number of methoxy groups -OCH3 is 1. The molecule has 2 aromatic rings. The second-order valence-corrected chi connectivity index (χ2v) is 12.8. The van der Waals surface area contributed by atoms with Crippen molar-refractivity contribution < 1.29 is 9.84 Å². The molecular weight excluding hydrogens is 456 g/mol. The fourth-order valence-electron chi connectivity index (χ4n) is 9.03. The summed E-state index contributed by atoms with van der Waals surface area (Å²) < 4.78 is 5.34. The van der Waals surface area contributed by atoms with Crippen molar-refractivity contribution >= 4 is 22.7 Å². The molecule has 6 unspecified atom stereocenters. The van der Waals surface area contributed by atoms with Crippen LogP contribution in [0.5, 0.6) is 5.75 Å². The lowest BCUT2D eigenvalue weighted by Gasteiger charge is -2.58. The van der Waals surface area contributed by atoms with E-state index in [0.29, 0.717) is 16.7 Å². The van der Waals surface area contributed by atoms with Crippen LogP contribution in [0.2, 0.25) is 0 Å². The number of allylic oxidation sites excluding steroid dienone is 1. The van der Waals surface area contributed by atoms with E-state index >= 15 is 0 Å². The highest BCUT2D eigenvalue weighted by molar-refractivity contribution is 5.92. The number of hydrogen-bond donors (Lipinski definition) is 1. The molecule has 2 aromatic carbocycles. The third kappa shape index (κ3) is 4.16. The number of aliphatic hydroxyl groups is 1. The summed E-state index contributed by atoms with van der Waals surface area (Å²) in [5, 5.41) is 21.9. The highest BCUT2D eigenvalue weighted by Gasteiger charge is 2.59. The number of benzene rings is 2. The topological polar surface area (TPSA) is 54.2 Å². The molecule has 1 N–H and O–H groups in total. The average Bonchev–Trinajstić information content (AvgIpc) is 3.26. The lowest BCUT2D eigenvalue weighted by Crippen LogP contribution is -2.50. The Kier molecular flexibility index (Phi) is 6.30. The van der Waals surface area contributed by atoms with Gasteiger partial charge in [0.2, 0.25) is 0 Å². The van der Waals surface area contributed by atoms with E-state index in [4.69, 9.17) is 9.84 Å². The molecule has 0 radical (unpaired) electrons. The van der Waals surface area contributed by atoms with Gasteiger partial charge in [0, 0.05) is 11.6 Å². The van der Waals surface area contributed by atoms with Crippen molar-refractivity contribution in [3.63, 3.8) is 0 Å². The molecule has 3 saturated carbocycles. The number of fused-ring (bicyclic) bond motifs is 6. The molecule has 0 heterocycles. The normalized spacial score (nSPS) is 37.7. The Bertz CT molecular complexity index is 1280. The molecule has 7 atom stereocenters. The molecule has 4 aliphatic carbocycles. The molecule has 196 valence electrons. The second-order valence-electron chi connectivity index (χ2n) is 12.8. The van der Waals surface area contributed by atoms with Gasteiger partial charge in [0.25, 0.3) is 0 Å². The SMILES string of the molecule is COc1ccc2cc(/C=N/N=C(/C)C3CCC4C5CC=C6C[C@@H](O)CCC6(C)C5CCC34C)ccc2c1. The van der Waals surface area contributed by atoms with Crippen LogP contribution in [-0.2, 0) is 0 Å². The summed E-state index contributed by atoms with van der Waals surface area (Å²) in [6, 6.07) is 12.5. The summed E-state index contributed by atoms with van der Waals surface area (Å²) in [5.74, 6) is 3.72. The van der Waals surface area contributed by atoms with Gasteiger partial charge in [0.05, 0.1) is 19.4 Å². The molecule has 0 saturated heterocycles. The molecule has 4 nitrogen and oxygen atoms in total. The van der Waals surface area contributed by atoms with E-state index in [-0.39, 0.29) is 6.10 Å². The van der Waals surface area contributed by atoms with Gasteiger partial charge in [-0.3, -0.25) is 0 Å². The predicted octanol–water partition coefficient (Wildman–Crippen LogP) is 7.58. The van der Waals surface area contributed by atoms with Crippen LogP contribution in [0.25, 0.3) is 10.8 Å². The number of hydrogen-bond acceptors (Lipinski definition) is 4. The Morgan fingerprint density at radius 2 is 1.81 bits per heavy atom. The summed E-state index contributed by atoms with van der Waals surface area (Å²) in [6.45, 7) is 7.27. The minimum Gasteiger partial charge on any atom is -0.497 e. The highest BCUT2D eigenvalue weighted by atomic mass is 16.5. The van der Waals surface area contributed by atoms with Gasteiger partial charge < -0.3 is 9.84 Å². The fraction of sp³-hybridized carbons (Fsp3) is 0.576. The third-order valence-electron chi connectivity index (χ3n) is 11.1. The Morgan fingerprint density at radius 1 is 1.00 bits per heavy atom. The fourth-order valence-corrected chi connectivity index (χ4v) is 9.03. The largest absolute Gasteiger partial charge is 0.497 e. The Morgan fingerprint density at radius 3 is 2.65 bits per heavy atom. The standard InChI is InChI=1S/C33H42N2O2/c1-21(35-34-20-22-5-6-24-18-27(37-4)9-7-23(24)17-22)29-11-12-30-28-10-8-25-19-26(36)13-15-32(25,2)31(28)14-16-33(29,30)3/h5-9,17-18,20,26,28-31,36H,10-16,19H2,1-4H3/b34-20+,35-21-/t26-,28?,29?,30?,31?,32?,33?/m0/s1. The van der Waals surface area contributed by atoms with E-state index in [2.05, 4.69) is 62.3 Å². The van der Waals surface area contributed by atoms with Crippen LogP contribution in [0.15, 0.2) is 58.3 Å². The van der Waals surface area contributed by atoms with Crippen LogP contribution < -0.4 is 4.74 Å². The zero-order valence-electron chi connectivity index (χ0n) is 22.9. The molecule has 37 heavy (non-hydrogen) atoms. The molecule has 0 spiro atoms. The van der Waals surface area contributed by atoms with Gasteiger partial charge in [0.15, 0.2) is 0 Å². The number of rotatable bonds is 4. The van der Waals surface area contributed by atoms with Crippen LogP contribution in [0.3, 0.4) is 0 Å². The quantitative estimate of drug-likeness (QED) is 0.268. The van der Waals surface area contributed by atoms with E-state index in [1.807, 2.05) is 12.3 Å². The molecule has 3 fully saturated rings. The van der Waals surface area contributed by atoms with Gasteiger partial charge in [-0.2, -0.15) is 10.2 Å². The van der Waals surface area contributed by atoms with Crippen molar-refractivity contribution in [2.24, 2.45) is 44.7 Å². The van der Waals surface area contributed by atoms with Crippen molar-refractivity contribution in [1.82, 2.24) is 0 Å². The Balaban J connectivity index is 1.18. The van der Waals surface area contributed by atoms with Crippen LogP contribution in [-0.4, -0.2) is 30.2 Å². The Labute approximate surface area is 221 Å². The summed E-state index contributed by atoms with van der Waals surface area (Å²) in [5.41, 5.74) is 4.46. The van der Waals surface area contributed by atoms with Gasteiger partial charge >= 0.3 is 0 Å². The second kappa shape index (κ2) is 9.38. The highest BCUT2D eigenvalue weighted by Crippen LogP contribution is 2.66. The van der Waals surface area contributed by atoms with Gasteiger partial charge in [-0.1, -0.05) is 43.7 Å². The summed E-state index contributed by atoms with van der Waals surface area (Å²) in [6.07, 6.45) is 13.7. The van der Waals surface area contributed by atoms with E-state index < -0.39 is 0 Å². The average molecular weight is 499 g/mol. The number of aliphatic hydroxyl groups excluding tert-OH is 1. The molecule has 6 rings (SSSR count). The zero-order valence-corrected chi connectivity index (χ0v) is 22.9. The maximum Gasteiger partial charge on any atom is 0.119 e.